The van der Waals surface area contributed by atoms with Crippen LogP contribution in [-0.2, 0) is 13.0 Å². The number of hydrogen-bond donors (Lipinski definition) is 2. The van der Waals surface area contributed by atoms with Gasteiger partial charge in [0, 0.05) is 30.4 Å². The van der Waals surface area contributed by atoms with Crippen molar-refractivity contribution in [2.24, 2.45) is 0 Å². The number of hydrogen-bond acceptors (Lipinski definition) is 6. The fourth-order valence-corrected chi connectivity index (χ4v) is 2.64. The van der Waals surface area contributed by atoms with Gasteiger partial charge < -0.3 is 10.2 Å². The summed E-state index contributed by atoms with van der Waals surface area (Å²) in [6.07, 6.45) is 0.861. The lowest BCUT2D eigenvalue weighted by atomic mass is 10.2. The number of anilines is 3. The first kappa shape index (κ1) is 17.4. The van der Waals surface area contributed by atoms with E-state index in [4.69, 9.17) is 23.2 Å². The van der Waals surface area contributed by atoms with Crippen molar-refractivity contribution in [2.75, 3.05) is 17.3 Å². The van der Waals surface area contributed by atoms with Gasteiger partial charge in [0.2, 0.25) is 17.2 Å². The van der Waals surface area contributed by atoms with Crippen LogP contribution in [0.2, 0.25) is 10.3 Å². The molecule has 0 fully saturated rings. The molecule has 0 aliphatic heterocycles. The summed E-state index contributed by atoms with van der Waals surface area (Å²) in [5, 5.41) is 10.9. The van der Waals surface area contributed by atoms with E-state index in [0.717, 1.165) is 17.7 Å². The Bertz CT molecular complexity index is 865. The van der Waals surface area contributed by atoms with Crippen LogP contribution in [0.25, 0.3) is 0 Å². The first-order chi connectivity index (χ1) is 12.0. The normalized spacial score (nSPS) is 10.7. The Morgan fingerprint density at radius 2 is 2.00 bits per heavy atom. The van der Waals surface area contributed by atoms with E-state index in [0.29, 0.717) is 29.3 Å². The summed E-state index contributed by atoms with van der Waals surface area (Å²) >= 11 is 12.1. The quantitative estimate of drug-likeness (QED) is 0.678. The Morgan fingerprint density at radius 3 is 2.72 bits per heavy atom. The van der Waals surface area contributed by atoms with Crippen LogP contribution in [0.5, 0.6) is 0 Å². The van der Waals surface area contributed by atoms with E-state index in [1.807, 2.05) is 49.2 Å². The zero-order valence-corrected chi connectivity index (χ0v) is 15.3. The summed E-state index contributed by atoms with van der Waals surface area (Å²) in [4.78, 5) is 14.6. The summed E-state index contributed by atoms with van der Waals surface area (Å²) < 4.78 is 0. The smallest absolute Gasteiger partial charge is 0.234 e. The minimum Gasteiger partial charge on any atom is -0.339 e. The molecule has 7 nitrogen and oxygen atoms in total. The number of aromatic amines is 1. The van der Waals surface area contributed by atoms with Crippen molar-refractivity contribution in [3.05, 3.63) is 51.9 Å². The van der Waals surface area contributed by atoms with Gasteiger partial charge in [-0.25, -0.2) is 0 Å². The van der Waals surface area contributed by atoms with E-state index < -0.39 is 0 Å². The molecule has 0 amide bonds. The van der Waals surface area contributed by atoms with E-state index >= 15 is 0 Å². The number of nitrogens with zero attached hydrogens (tertiary/aromatic N) is 5. The number of nitrogens with one attached hydrogen (secondary N) is 2. The van der Waals surface area contributed by atoms with Crippen LogP contribution >= 0.6 is 23.2 Å². The van der Waals surface area contributed by atoms with Gasteiger partial charge in [-0.2, -0.15) is 20.1 Å². The third-order valence-electron chi connectivity index (χ3n) is 3.50. The van der Waals surface area contributed by atoms with Crippen molar-refractivity contribution in [3.8, 4) is 0 Å². The van der Waals surface area contributed by atoms with Gasteiger partial charge in [0.25, 0.3) is 0 Å². The molecule has 2 heterocycles. The molecular weight excluding hydrogens is 361 g/mol. The molecule has 2 N–H and O–H groups in total. The number of rotatable bonds is 6. The third kappa shape index (κ3) is 4.58. The van der Waals surface area contributed by atoms with Crippen molar-refractivity contribution < 1.29 is 0 Å². The molecule has 25 heavy (non-hydrogen) atoms. The molecule has 0 spiro atoms. The maximum Gasteiger partial charge on any atom is 0.234 e. The fraction of sp³-hybridized carbons (Fsp3) is 0.250. The van der Waals surface area contributed by atoms with Crippen molar-refractivity contribution in [1.82, 2.24) is 25.1 Å². The first-order valence-electron chi connectivity index (χ1n) is 7.72. The SMILES string of the molecule is CCc1cc(Nc2nc(Cl)nc(N(C)Cc3cccc(Cl)c3)n2)n[nH]1. The lowest BCUT2D eigenvalue weighted by molar-refractivity contribution is 0.855. The molecule has 0 saturated carbocycles. The summed E-state index contributed by atoms with van der Waals surface area (Å²) in [7, 11) is 1.88. The van der Waals surface area contributed by atoms with Crippen LogP contribution in [-0.4, -0.2) is 32.2 Å². The summed E-state index contributed by atoms with van der Waals surface area (Å²) in [6.45, 7) is 2.63. The zero-order valence-electron chi connectivity index (χ0n) is 13.8. The van der Waals surface area contributed by atoms with E-state index in [2.05, 4.69) is 30.5 Å². The third-order valence-corrected chi connectivity index (χ3v) is 3.90. The highest BCUT2D eigenvalue weighted by atomic mass is 35.5. The maximum absolute atomic E-state index is 6.04. The Hall–Kier alpha value is -2.38. The van der Waals surface area contributed by atoms with E-state index in [1.54, 1.807) is 0 Å². The molecule has 0 unspecified atom stereocenters. The highest BCUT2D eigenvalue weighted by Gasteiger charge is 2.11. The molecule has 0 aliphatic rings. The van der Waals surface area contributed by atoms with Gasteiger partial charge in [0.1, 0.15) is 0 Å². The molecule has 0 saturated heterocycles. The second kappa shape index (κ2) is 7.67. The van der Waals surface area contributed by atoms with Crippen LogP contribution in [0.15, 0.2) is 30.3 Å². The largest absolute Gasteiger partial charge is 0.339 e. The molecule has 0 bridgehead atoms. The van der Waals surface area contributed by atoms with Gasteiger partial charge in [-0.15, -0.1) is 0 Å². The molecule has 0 atom stereocenters. The second-order valence-corrected chi connectivity index (χ2v) is 6.25. The predicted molar refractivity (Wildman–Crippen MR) is 99.6 cm³/mol. The Balaban J connectivity index is 1.78. The van der Waals surface area contributed by atoms with E-state index in [1.165, 1.54) is 0 Å². The van der Waals surface area contributed by atoms with Crippen LogP contribution in [0, 0.1) is 0 Å². The molecule has 0 radical (unpaired) electrons. The first-order valence-corrected chi connectivity index (χ1v) is 8.47. The van der Waals surface area contributed by atoms with Crippen LogP contribution in [0.1, 0.15) is 18.2 Å². The van der Waals surface area contributed by atoms with Crippen molar-refractivity contribution in [2.45, 2.75) is 19.9 Å². The van der Waals surface area contributed by atoms with Crippen LogP contribution in [0.3, 0.4) is 0 Å². The number of halogens is 2. The standard InChI is InChI=1S/C16H17Cl2N7/c1-3-12-8-13(24-23-12)19-15-20-14(18)21-16(22-15)25(2)9-10-5-4-6-11(17)7-10/h4-8H,3,9H2,1-2H3,(H2,19,20,21,22,23,24). The molecule has 2 aromatic heterocycles. The van der Waals surface area contributed by atoms with Crippen LogP contribution < -0.4 is 10.2 Å². The van der Waals surface area contributed by atoms with Gasteiger partial charge in [-0.1, -0.05) is 30.7 Å². The van der Waals surface area contributed by atoms with Gasteiger partial charge in [-0.3, -0.25) is 5.10 Å². The lowest BCUT2D eigenvalue weighted by Gasteiger charge is -2.17. The summed E-state index contributed by atoms with van der Waals surface area (Å²) in [6, 6.07) is 9.52. The average Bonchev–Trinajstić information content (AvgIpc) is 3.02. The Kier molecular flexibility index (Phi) is 5.35. The van der Waals surface area contributed by atoms with Crippen LogP contribution in [0.4, 0.5) is 17.7 Å². The summed E-state index contributed by atoms with van der Waals surface area (Å²) in [5.41, 5.74) is 2.06. The lowest BCUT2D eigenvalue weighted by Crippen LogP contribution is -2.20. The van der Waals surface area contributed by atoms with E-state index in [-0.39, 0.29) is 5.28 Å². The molecule has 0 aliphatic carbocycles. The van der Waals surface area contributed by atoms with Gasteiger partial charge in [-0.05, 0) is 35.7 Å². The maximum atomic E-state index is 6.04. The highest BCUT2D eigenvalue weighted by molar-refractivity contribution is 6.30. The molecule has 130 valence electrons. The molecule has 3 aromatic rings. The van der Waals surface area contributed by atoms with Crippen molar-refractivity contribution in [3.63, 3.8) is 0 Å². The topological polar surface area (TPSA) is 82.6 Å². The number of aryl methyl sites for hydroxylation is 1. The average molecular weight is 378 g/mol. The highest BCUT2D eigenvalue weighted by Crippen LogP contribution is 2.19. The zero-order chi connectivity index (χ0) is 17.8. The minimum absolute atomic E-state index is 0.108. The molecule has 9 heteroatoms. The van der Waals surface area contributed by atoms with Gasteiger partial charge in [0.05, 0.1) is 0 Å². The molecule has 3 rings (SSSR count). The minimum atomic E-state index is 0.108. The van der Waals surface area contributed by atoms with Crippen molar-refractivity contribution >= 4 is 40.9 Å². The number of aromatic nitrogens is 5. The fourth-order valence-electron chi connectivity index (χ4n) is 2.27. The number of benzene rings is 1. The number of H-pyrrole nitrogens is 1. The Morgan fingerprint density at radius 1 is 1.16 bits per heavy atom. The monoisotopic (exact) mass is 377 g/mol. The van der Waals surface area contributed by atoms with Gasteiger partial charge >= 0.3 is 0 Å². The van der Waals surface area contributed by atoms with E-state index in [9.17, 15) is 0 Å². The second-order valence-electron chi connectivity index (χ2n) is 5.47. The van der Waals surface area contributed by atoms with Crippen molar-refractivity contribution in [1.29, 1.82) is 0 Å². The van der Waals surface area contributed by atoms with Gasteiger partial charge in [0.15, 0.2) is 5.82 Å². The summed E-state index contributed by atoms with van der Waals surface area (Å²) in [5.74, 6) is 1.42. The predicted octanol–water partition coefficient (Wildman–Crippen LogP) is 3.84. The Labute approximate surface area is 155 Å². The molecule has 1 aromatic carbocycles. The molecular formula is C16H17Cl2N7.